The van der Waals surface area contributed by atoms with Gasteiger partial charge in [-0.2, -0.15) is 0 Å². The lowest BCUT2D eigenvalue weighted by Gasteiger charge is -2.49. The molecule has 46 heavy (non-hydrogen) atoms. The number of hydrogen-bond donors (Lipinski definition) is 3. The van der Waals surface area contributed by atoms with E-state index in [9.17, 15) is 29.7 Å². The number of unbranched alkanes of at least 4 members (excludes halogenated alkanes) is 8. The Labute approximate surface area is 276 Å². The van der Waals surface area contributed by atoms with Crippen LogP contribution in [0, 0.1) is 40.4 Å². The number of ether oxygens (including phenoxy) is 2. The molecule has 1 spiro atoms. The molecule has 3 N–H and O–H groups in total. The number of esters is 2. The summed E-state index contributed by atoms with van der Waals surface area (Å²) in [7, 11) is 0. The normalized spacial score (nSPS) is 36.5. The molecule has 8 nitrogen and oxygen atoms in total. The van der Waals surface area contributed by atoms with Gasteiger partial charge in [0.2, 0.25) is 0 Å². The predicted octanol–water partition coefficient (Wildman–Crippen LogP) is 6.24. The third kappa shape index (κ3) is 5.83. The van der Waals surface area contributed by atoms with E-state index < -0.39 is 70.5 Å². The number of hydrogen-bond acceptors (Lipinski definition) is 8. The van der Waals surface area contributed by atoms with E-state index in [1.807, 2.05) is 34.6 Å². The van der Waals surface area contributed by atoms with Crippen molar-refractivity contribution in [2.45, 2.75) is 149 Å². The molecule has 8 heteroatoms. The van der Waals surface area contributed by atoms with Crippen molar-refractivity contribution in [1.29, 1.82) is 0 Å². The Hall–Kier alpha value is -2.03. The van der Waals surface area contributed by atoms with Crippen molar-refractivity contribution in [1.82, 2.24) is 0 Å². The summed E-state index contributed by atoms with van der Waals surface area (Å²) in [5, 5.41) is 35.0. The highest BCUT2D eigenvalue weighted by Crippen LogP contribution is 2.75. The second kappa shape index (κ2) is 13.8. The maximum atomic E-state index is 14.9. The number of aliphatic hydroxyl groups excluding tert-OH is 2. The lowest BCUT2D eigenvalue weighted by atomic mass is 9.59. The summed E-state index contributed by atoms with van der Waals surface area (Å²) in [4.78, 5) is 41.5. The van der Waals surface area contributed by atoms with Gasteiger partial charge in [-0.3, -0.25) is 14.4 Å². The number of fused-ring (bicyclic) bond motifs is 3. The lowest BCUT2D eigenvalue weighted by molar-refractivity contribution is -0.206. The van der Waals surface area contributed by atoms with Gasteiger partial charge in [-0.1, -0.05) is 112 Å². The zero-order valence-electron chi connectivity index (χ0n) is 29.6. The van der Waals surface area contributed by atoms with Gasteiger partial charge in [-0.25, -0.2) is 0 Å². The van der Waals surface area contributed by atoms with Crippen molar-refractivity contribution in [2.75, 3.05) is 6.61 Å². The summed E-state index contributed by atoms with van der Waals surface area (Å²) in [6.07, 6.45) is 11.3. The van der Waals surface area contributed by atoms with Gasteiger partial charge in [0, 0.05) is 23.7 Å². The van der Waals surface area contributed by atoms with Crippen LogP contribution in [-0.4, -0.2) is 63.1 Å². The van der Waals surface area contributed by atoms with Gasteiger partial charge in [0.15, 0.2) is 17.5 Å². The first-order valence-electron chi connectivity index (χ1n) is 18.0. The van der Waals surface area contributed by atoms with Gasteiger partial charge in [0.25, 0.3) is 0 Å². The molecule has 2 bridgehead atoms. The average Bonchev–Trinajstić information content (AvgIpc) is 3.40. The number of allylic oxidation sites excluding steroid dienone is 1. The van der Waals surface area contributed by atoms with E-state index in [0.717, 1.165) is 19.3 Å². The summed E-state index contributed by atoms with van der Waals surface area (Å²) in [5.41, 5.74) is -4.77. The highest BCUT2D eigenvalue weighted by Gasteiger charge is 2.83. The minimum absolute atomic E-state index is 0.0176. The number of carbonyl (C=O) groups is 3. The van der Waals surface area contributed by atoms with Gasteiger partial charge in [-0.05, 0) is 42.7 Å². The Bertz CT molecular complexity index is 1220. The number of Topliss-reactive ketones (excluding diaryl/α,β-unsaturated/α-hetero) is 1. The van der Waals surface area contributed by atoms with Gasteiger partial charge >= 0.3 is 11.9 Å². The molecular formula is C38H60O8. The van der Waals surface area contributed by atoms with E-state index in [0.29, 0.717) is 18.4 Å². The highest BCUT2D eigenvalue weighted by molar-refractivity contribution is 5.96. The first-order valence-corrected chi connectivity index (χ1v) is 18.0. The first-order chi connectivity index (χ1) is 21.6. The predicted molar refractivity (Wildman–Crippen MR) is 176 cm³/mol. The first kappa shape index (κ1) is 36.8. The van der Waals surface area contributed by atoms with Gasteiger partial charge < -0.3 is 24.8 Å². The molecule has 0 aliphatic heterocycles. The molecule has 4 aliphatic carbocycles. The molecule has 260 valence electrons. The maximum absolute atomic E-state index is 14.9. The SMILES string of the molecule is CCCCCCCCCCCC(=O)O[C@@]12C[C@@H](C)[C@]34C=C(C)[C@H](OC(=O)[C@H](C)C(C)C)[C@@]3(O)[C@@H](O)C(CO)=C[C@H](C4=O)[C@@H]1C2(C)C. The number of carbonyl (C=O) groups excluding carboxylic acids is 3. The summed E-state index contributed by atoms with van der Waals surface area (Å²) >= 11 is 0. The van der Waals surface area contributed by atoms with Crippen molar-refractivity contribution >= 4 is 17.7 Å². The molecule has 0 heterocycles. The lowest BCUT2D eigenvalue weighted by Crippen LogP contribution is -2.66. The Kier molecular flexibility index (Phi) is 11.1. The molecule has 0 amide bonds. The third-order valence-corrected chi connectivity index (χ3v) is 12.4. The van der Waals surface area contributed by atoms with Crippen LogP contribution in [0.2, 0.25) is 0 Å². The Morgan fingerprint density at radius 2 is 1.61 bits per heavy atom. The minimum Gasteiger partial charge on any atom is -0.458 e. The number of ketones is 1. The third-order valence-electron chi connectivity index (χ3n) is 12.4. The summed E-state index contributed by atoms with van der Waals surface area (Å²) in [5.74, 6) is -3.39. The Balaban J connectivity index is 1.60. The Morgan fingerprint density at radius 3 is 2.17 bits per heavy atom. The fourth-order valence-corrected chi connectivity index (χ4v) is 9.22. The maximum Gasteiger partial charge on any atom is 0.309 e. The zero-order valence-corrected chi connectivity index (χ0v) is 29.6. The van der Waals surface area contributed by atoms with Crippen LogP contribution in [0.1, 0.15) is 126 Å². The summed E-state index contributed by atoms with van der Waals surface area (Å²) in [6, 6.07) is 0. The molecule has 0 aromatic carbocycles. The van der Waals surface area contributed by atoms with E-state index in [4.69, 9.17) is 9.47 Å². The highest BCUT2D eigenvalue weighted by atomic mass is 16.6. The van der Waals surface area contributed by atoms with E-state index in [1.54, 1.807) is 26.0 Å². The van der Waals surface area contributed by atoms with Crippen LogP contribution in [0.15, 0.2) is 23.3 Å². The van der Waals surface area contributed by atoms with Gasteiger partial charge in [-0.15, -0.1) is 0 Å². The fourth-order valence-electron chi connectivity index (χ4n) is 9.22. The molecule has 9 atom stereocenters. The van der Waals surface area contributed by atoms with Crippen molar-refractivity contribution < 1.29 is 39.2 Å². The molecule has 0 aromatic rings. The Morgan fingerprint density at radius 1 is 1.02 bits per heavy atom. The molecule has 4 aliphatic rings. The summed E-state index contributed by atoms with van der Waals surface area (Å²) in [6.45, 7) is 14.8. The molecule has 0 radical (unpaired) electrons. The van der Waals surface area contributed by atoms with E-state index in [1.165, 1.54) is 38.5 Å². The van der Waals surface area contributed by atoms with E-state index >= 15 is 0 Å². The zero-order chi connectivity index (χ0) is 34.2. The smallest absolute Gasteiger partial charge is 0.309 e. The number of rotatable bonds is 15. The largest absolute Gasteiger partial charge is 0.458 e. The van der Waals surface area contributed by atoms with Gasteiger partial charge in [0.1, 0.15) is 11.7 Å². The van der Waals surface area contributed by atoms with Crippen LogP contribution in [0.5, 0.6) is 0 Å². The average molecular weight is 645 g/mol. The monoisotopic (exact) mass is 644 g/mol. The van der Waals surface area contributed by atoms with Crippen LogP contribution in [0.25, 0.3) is 0 Å². The molecule has 0 saturated heterocycles. The molecule has 2 fully saturated rings. The molecule has 4 rings (SSSR count). The summed E-state index contributed by atoms with van der Waals surface area (Å²) < 4.78 is 12.4. The van der Waals surface area contributed by atoms with Crippen molar-refractivity contribution in [3.05, 3.63) is 23.3 Å². The topological polar surface area (TPSA) is 130 Å². The molecule has 2 saturated carbocycles. The molecular weight excluding hydrogens is 584 g/mol. The molecule has 0 aromatic heterocycles. The molecule has 0 unspecified atom stereocenters. The van der Waals surface area contributed by atoms with Crippen LogP contribution < -0.4 is 0 Å². The second-order valence-electron chi connectivity index (χ2n) is 15.9. The van der Waals surface area contributed by atoms with E-state index in [2.05, 4.69) is 6.92 Å². The number of aliphatic hydroxyl groups is 3. The quantitative estimate of drug-likeness (QED) is 0.108. The van der Waals surface area contributed by atoms with Crippen LogP contribution >= 0.6 is 0 Å². The van der Waals surface area contributed by atoms with Gasteiger partial charge in [0.05, 0.1) is 17.9 Å². The van der Waals surface area contributed by atoms with Crippen LogP contribution in [0.3, 0.4) is 0 Å². The van der Waals surface area contributed by atoms with Crippen LogP contribution in [0.4, 0.5) is 0 Å². The second-order valence-corrected chi connectivity index (χ2v) is 15.9. The van der Waals surface area contributed by atoms with Crippen molar-refractivity contribution in [3.8, 4) is 0 Å². The van der Waals surface area contributed by atoms with Crippen LogP contribution in [-0.2, 0) is 23.9 Å². The van der Waals surface area contributed by atoms with Crippen molar-refractivity contribution in [3.63, 3.8) is 0 Å². The minimum atomic E-state index is -2.24. The fraction of sp³-hybridized carbons (Fsp3) is 0.816. The van der Waals surface area contributed by atoms with Crippen molar-refractivity contribution in [2.24, 2.45) is 40.4 Å². The van der Waals surface area contributed by atoms with E-state index in [-0.39, 0.29) is 23.2 Å². The standard InChI is InChI=1S/C38H60O8/c1-9-10-11-12-13-14-15-16-17-18-29(40)46-37-21-25(5)36-20-24(4)33(45-34(43)26(6)23(2)3)38(36,44)31(41)27(22-39)19-28(32(36)42)30(37)35(37,7)8/h19-20,23,25-26,28,30-31,33,39,41,44H,9-18,21-22H2,1-8H3/t25-,26-,28+,30-,31+,33+,36+,37+,38+/m1/s1.